The van der Waals surface area contributed by atoms with E-state index in [0.717, 1.165) is 12.3 Å². The maximum atomic E-state index is 12.9. The summed E-state index contributed by atoms with van der Waals surface area (Å²) in [6.45, 7) is 0. The standard InChI is InChI=1S/C13H5Cl3F3NO/c14-7-2-9(15)12(10(16)3-7)6-1-8(13(17,18)19)11(5-21)20-4-6/h1-5H. The number of halogens is 6. The van der Waals surface area contributed by atoms with Crippen molar-refractivity contribution in [2.24, 2.45) is 0 Å². The first-order valence-corrected chi connectivity index (χ1v) is 6.54. The van der Waals surface area contributed by atoms with E-state index in [9.17, 15) is 18.0 Å². The molecule has 2 nitrogen and oxygen atoms in total. The highest BCUT2D eigenvalue weighted by Crippen LogP contribution is 2.39. The first kappa shape index (κ1) is 16.1. The molecule has 21 heavy (non-hydrogen) atoms. The smallest absolute Gasteiger partial charge is 0.296 e. The summed E-state index contributed by atoms with van der Waals surface area (Å²) in [5.41, 5.74) is -1.65. The number of aldehydes is 1. The van der Waals surface area contributed by atoms with Crippen LogP contribution in [-0.2, 0) is 6.18 Å². The summed E-state index contributed by atoms with van der Waals surface area (Å²) >= 11 is 17.7. The summed E-state index contributed by atoms with van der Waals surface area (Å²) in [6.07, 6.45) is -3.58. The number of benzene rings is 1. The van der Waals surface area contributed by atoms with Crippen LogP contribution in [0.15, 0.2) is 24.4 Å². The van der Waals surface area contributed by atoms with Crippen LogP contribution < -0.4 is 0 Å². The zero-order chi connectivity index (χ0) is 15.8. The van der Waals surface area contributed by atoms with E-state index in [0.29, 0.717) is 0 Å². The summed E-state index contributed by atoms with van der Waals surface area (Å²) in [6, 6.07) is 3.48. The van der Waals surface area contributed by atoms with Crippen molar-refractivity contribution in [1.82, 2.24) is 4.98 Å². The molecule has 0 fully saturated rings. The molecule has 0 unspecified atom stereocenters. The van der Waals surface area contributed by atoms with Crippen molar-refractivity contribution in [3.05, 3.63) is 50.7 Å². The highest BCUT2D eigenvalue weighted by atomic mass is 35.5. The van der Waals surface area contributed by atoms with Gasteiger partial charge in [-0.15, -0.1) is 0 Å². The van der Waals surface area contributed by atoms with Crippen molar-refractivity contribution < 1.29 is 18.0 Å². The fourth-order valence-corrected chi connectivity index (χ4v) is 2.79. The molecule has 0 atom stereocenters. The van der Waals surface area contributed by atoms with Crippen LogP contribution in [-0.4, -0.2) is 11.3 Å². The Kier molecular flexibility index (Phi) is 4.46. The normalized spacial score (nSPS) is 11.5. The first-order valence-electron chi connectivity index (χ1n) is 5.41. The van der Waals surface area contributed by atoms with Gasteiger partial charge in [0.15, 0.2) is 6.29 Å². The molecule has 0 bridgehead atoms. The number of carbonyl (C=O) groups is 1. The molecule has 8 heteroatoms. The van der Waals surface area contributed by atoms with Gasteiger partial charge in [-0.05, 0) is 18.2 Å². The van der Waals surface area contributed by atoms with Crippen molar-refractivity contribution in [3.8, 4) is 11.1 Å². The molecule has 1 aromatic heterocycles. The van der Waals surface area contributed by atoms with Crippen LogP contribution in [0.25, 0.3) is 11.1 Å². The van der Waals surface area contributed by atoms with Crippen LogP contribution >= 0.6 is 34.8 Å². The molecular formula is C13H5Cl3F3NO. The lowest BCUT2D eigenvalue weighted by atomic mass is 10.0. The van der Waals surface area contributed by atoms with Gasteiger partial charge in [-0.25, -0.2) is 0 Å². The lowest BCUT2D eigenvalue weighted by molar-refractivity contribution is -0.138. The quantitative estimate of drug-likeness (QED) is 0.663. The molecule has 0 amide bonds. The highest BCUT2D eigenvalue weighted by molar-refractivity contribution is 6.41. The van der Waals surface area contributed by atoms with Crippen molar-refractivity contribution in [3.63, 3.8) is 0 Å². The summed E-state index contributed by atoms with van der Waals surface area (Å²) in [5, 5.41) is 0.421. The molecule has 0 saturated heterocycles. The summed E-state index contributed by atoms with van der Waals surface area (Å²) in [7, 11) is 0. The molecule has 1 aromatic carbocycles. The van der Waals surface area contributed by atoms with Crippen molar-refractivity contribution >= 4 is 41.1 Å². The topological polar surface area (TPSA) is 30.0 Å². The van der Waals surface area contributed by atoms with Gasteiger partial charge in [-0.3, -0.25) is 9.78 Å². The minimum atomic E-state index is -4.72. The second-order valence-electron chi connectivity index (χ2n) is 4.02. The molecule has 1 heterocycles. The minimum Gasteiger partial charge on any atom is -0.296 e. The molecular weight excluding hydrogens is 350 g/mol. The number of carbonyl (C=O) groups excluding carboxylic acids is 1. The lowest BCUT2D eigenvalue weighted by Crippen LogP contribution is -2.10. The molecule has 110 valence electrons. The first-order chi connectivity index (χ1) is 9.74. The maximum Gasteiger partial charge on any atom is 0.418 e. The number of rotatable bonds is 2. The number of pyridine rings is 1. The molecule has 0 N–H and O–H groups in total. The summed E-state index contributed by atoms with van der Waals surface area (Å²) < 4.78 is 38.7. The molecule has 0 aliphatic heterocycles. The van der Waals surface area contributed by atoms with Gasteiger partial charge in [-0.2, -0.15) is 13.2 Å². The van der Waals surface area contributed by atoms with Crippen LogP contribution in [0.3, 0.4) is 0 Å². The van der Waals surface area contributed by atoms with Crippen LogP contribution in [0.4, 0.5) is 13.2 Å². The molecule has 0 radical (unpaired) electrons. The van der Waals surface area contributed by atoms with E-state index < -0.39 is 17.4 Å². The molecule has 0 spiro atoms. The van der Waals surface area contributed by atoms with Crippen LogP contribution in [0.2, 0.25) is 15.1 Å². The van der Waals surface area contributed by atoms with Gasteiger partial charge in [0.25, 0.3) is 0 Å². The van der Waals surface area contributed by atoms with Gasteiger partial charge < -0.3 is 0 Å². The predicted octanol–water partition coefficient (Wildman–Crippen LogP) is 5.54. The molecule has 0 aliphatic carbocycles. The number of hydrogen-bond donors (Lipinski definition) is 0. The highest BCUT2D eigenvalue weighted by Gasteiger charge is 2.34. The van der Waals surface area contributed by atoms with Gasteiger partial charge in [0.2, 0.25) is 0 Å². The van der Waals surface area contributed by atoms with Crippen molar-refractivity contribution in [2.45, 2.75) is 6.18 Å². The second kappa shape index (κ2) is 5.83. The van der Waals surface area contributed by atoms with Gasteiger partial charge in [0.05, 0.1) is 15.6 Å². The Labute approximate surface area is 132 Å². The molecule has 0 aliphatic rings. The number of alkyl halides is 3. The Morgan fingerprint density at radius 2 is 1.62 bits per heavy atom. The summed E-state index contributed by atoms with van der Waals surface area (Å²) in [5.74, 6) is 0. The molecule has 0 saturated carbocycles. The van der Waals surface area contributed by atoms with Gasteiger partial charge in [-0.1, -0.05) is 34.8 Å². The zero-order valence-corrected chi connectivity index (χ0v) is 12.3. The van der Waals surface area contributed by atoms with Crippen LogP contribution in [0.1, 0.15) is 16.1 Å². The lowest BCUT2D eigenvalue weighted by Gasteiger charge is -2.12. The minimum absolute atomic E-state index is 0.0394. The van der Waals surface area contributed by atoms with Gasteiger partial charge in [0, 0.05) is 22.3 Å². The van der Waals surface area contributed by atoms with Crippen LogP contribution in [0, 0.1) is 0 Å². The van der Waals surface area contributed by atoms with E-state index in [1.807, 2.05) is 0 Å². The van der Waals surface area contributed by atoms with Gasteiger partial charge in [0.1, 0.15) is 5.69 Å². The Balaban J connectivity index is 2.70. The Morgan fingerprint density at radius 1 is 1.05 bits per heavy atom. The zero-order valence-electron chi connectivity index (χ0n) is 10.0. The fourth-order valence-electron chi connectivity index (χ4n) is 1.75. The number of hydrogen-bond acceptors (Lipinski definition) is 2. The number of aromatic nitrogens is 1. The van der Waals surface area contributed by atoms with E-state index in [1.54, 1.807) is 0 Å². The third-order valence-corrected chi connectivity index (χ3v) is 3.45. The van der Waals surface area contributed by atoms with Crippen LogP contribution in [0.5, 0.6) is 0 Å². The van der Waals surface area contributed by atoms with E-state index in [1.165, 1.54) is 12.1 Å². The van der Waals surface area contributed by atoms with E-state index in [2.05, 4.69) is 4.98 Å². The molecule has 2 aromatic rings. The SMILES string of the molecule is O=Cc1ncc(-c2c(Cl)cc(Cl)cc2Cl)cc1C(F)(F)F. The fraction of sp³-hybridized carbons (Fsp3) is 0.0769. The Hall–Kier alpha value is -1.30. The third-order valence-electron chi connectivity index (χ3n) is 2.63. The predicted molar refractivity (Wildman–Crippen MR) is 75.1 cm³/mol. The van der Waals surface area contributed by atoms with E-state index in [4.69, 9.17) is 34.8 Å². The van der Waals surface area contributed by atoms with E-state index in [-0.39, 0.29) is 32.5 Å². The Morgan fingerprint density at radius 3 is 2.10 bits per heavy atom. The van der Waals surface area contributed by atoms with E-state index >= 15 is 0 Å². The maximum absolute atomic E-state index is 12.9. The van der Waals surface area contributed by atoms with Crippen molar-refractivity contribution in [2.75, 3.05) is 0 Å². The summed E-state index contributed by atoms with van der Waals surface area (Å²) in [4.78, 5) is 14.2. The third kappa shape index (κ3) is 3.31. The van der Waals surface area contributed by atoms with Gasteiger partial charge >= 0.3 is 6.18 Å². The average molecular weight is 355 g/mol. The van der Waals surface area contributed by atoms with Crippen molar-refractivity contribution in [1.29, 1.82) is 0 Å². The average Bonchev–Trinajstić information content (AvgIpc) is 2.36. The largest absolute Gasteiger partial charge is 0.418 e. The molecule has 2 rings (SSSR count). The Bertz CT molecular complexity index is 693. The number of nitrogens with zero attached hydrogens (tertiary/aromatic N) is 1. The second-order valence-corrected chi connectivity index (χ2v) is 5.27. The monoisotopic (exact) mass is 353 g/mol.